The Kier molecular flexibility index (Phi) is 5.44. The summed E-state index contributed by atoms with van der Waals surface area (Å²) in [6.45, 7) is 0. The lowest BCUT2D eigenvalue weighted by molar-refractivity contribution is -0.132. The molecule has 2 aromatic carbocycles. The standard InChI is InChI=1S/C23H18ClNO6/c1-29-15-8-4-9-16(30-2)18(15)21(26)19-20(17-10-5-11-31-17)25(23(28)22(19)27)14-7-3-6-13(24)12-14/h3-12,20,26H,1-2H3/b21-19+. The molecular weight excluding hydrogens is 422 g/mol. The van der Waals surface area contributed by atoms with E-state index in [-0.39, 0.29) is 22.6 Å². The molecule has 1 amide bonds. The lowest BCUT2D eigenvalue weighted by Gasteiger charge is -2.23. The van der Waals surface area contributed by atoms with Crippen molar-refractivity contribution in [3.63, 3.8) is 0 Å². The van der Waals surface area contributed by atoms with Gasteiger partial charge in [0.25, 0.3) is 11.7 Å². The molecule has 1 N–H and O–H groups in total. The fourth-order valence-corrected chi connectivity index (χ4v) is 3.84. The molecule has 0 spiro atoms. The maximum Gasteiger partial charge on any atom is 0.300 e. The van der Waals surface area contributed by atoms with Crippen molar-refractivity contribution in [3.05, 3.63) is 82.8 Å². The number of aliphatic hydroxyl groups excluding tert-OH is 1. The number of halogens is 1. The molecule has 2 heterocycles. The molecule has 7 nitrogen and oxygen atoms in total. The van der Waals surface area contributed by atoms with Crippen LogP contribution in [0.1, 0.15) is 17.4 Å². The molecule has 3 aromatic rings. The van der Waals surface area contributed by atoms with Crippen LogP contribution in [0.4, 0.5) is 5.69 Å². The summed E-state index contributed by atoms with van der Waals surface area (Å²) in [5, 5.41) is 11.7. The number of ether oxygens (including phenoxy) is 2. The number of hydrogen-bond donors (Lipinski definition) is 1. The number of ketones is 1. The van der Waals surface area contributed by atoms with Crippen LogP contribution in [0.15, 0.2) is 70.9 Å². The van der Waals surface area contributed by atoms with E-state index in [0.717, 1.165) is 0 Å². The first kappa shape index (κ1) is 20.6. The van der Waals surface area contributed by atoms with Gasteiger partial charge in [0.1, 0.15) is 34.6 Å². The quantitative estimate of drug-likeness (QED) is 0.355. The zero-order chi connectivity index (χ0) is 22.1. The summed E-state index contributed by atoms with van der Waals surface area (Å²) < 4.78 is 16.3. The largest absolute Gasteiger partial charge is 0.506 e. The smallest absolute Gasteiger partial charge is 0.300 e. The molecule has 0 bridgehead atoms. The van der Waals surface area contributed by atoms with Crippen LogP contribution >= 0.6 is 11.6 Å². The van der Waals surface area contributed by atoms with Gasteiger partial charge in [0, 0.05) is 10.7 Å². The average Bonchev–Trinajstić information content (AvgIpc) is 3.39. The second-order valence-corrected chi connectivity index (χ2v) is 7.14. The van der Waals surface area contributed by atoms with Crippen LogP contribution < -0.4 is 14.4 Å². The molecule has 1 aliphatic heterocycles. The highest BCUT2D eigenvalue weighted by Crippen LogP contribution is 2.45. The number of furan rings is 1. The molecule has 0 saturated carbocycles. The molecule has 4 rings (SSSR count). The van der Waals surface area contributed by atoms with Crippen molar-refractivity contribution in [2.24, 2.45) is 0 Å². The van der Waals surface area contributed by atoms with E-state index in [1.165, 1.54) is 25.4 Å². The van der Waals surface area contributed by atoms with Crippen molar-refractivity contribution in [2.75, 3.05) is 19.1 Å². The van der Waals surface area contributed by atoms with Crippen molar-refractivity contribution in [1.29, 1.82) is 0 Å². The third-order valence-corrected chi connectivity index (χ3v) is 5.24. The molecule has 1 aliphatic rings. The Morgan fingerprint density at radius 1 is 1.03 bits per heavy atom. The Labute approximate surface area is 183 Å². The van der Waals surface area contributed by atoms with Gasteiger partial charge >= 0.3 is 0 Å². The summed E-state index contributed by atoms with van der Waals surface area (Å²) in [5.41, 5.74) is 0.401. The lowest BCUT2D eigenvalue weighted by Crippen LogP contribution is -2.29. The zero-order valence-electron chi connectivity index (χ0n) is 16.7. The maximum atomic E-state index is 13.1. The normalized spacial score (nSPS) is 17.8. The van der Waals surface area contributed by atoms with E-state index in [2.05, 4.69) is 0 Å². The van der Waals surface area contributed by atoms with Gasteiger partial charge in [-0.05, 0) is 42.5 Å². The van der Waals surface area contributed by atoms with E-state index in [0.29, 0.717) is 16.5 Å². The van der Waals surface area contributed by atoms with E-state index in [1.54, 1.807) is 54.6 Å². The molecule has 1 atom stereocenters. The predicted molar refractivity (Wildman–Crippen MR) is 114 cm³/mol. The number of anilines is 1. The molecule has 1 fully saturated rings. The molecule has 31 heavy (non-hydrogen) atoms. The molecule has 158 valence electrons. The van der Waals surface area contributed by atoms with E-state index in [4.69, 9.17) is 25.5 Å². The van der Waals surface area contributed by atoms with E-state index >= 15 is 0 Å². The predicted octanol–water partition coefficient (Wildman–Crippen LogP) is 4.58. The Balaban J connectivity index is 1.99. The summed E-state index contributed by atoms with van der Waals surface area (Å²) >= 11 is 6.11. The number of nitrogens with zero attached hydrogens (tertiary/aromatic N) is 1. The number of amides is 1. The van der Waals surface area contributed by atoms with Gasteiger partial charge in [0.2, 0.25) is 0 Å². The molecule has 0 radical (unpaired) electrons. The van der Waals surface area contributed by atoms with Gasteiger partial charge in [-0.15, -0.1) is 0 Å². The average molecular weight is 440 g/mol. The van der Waals surface area contributed by atoms with Crippen LogP contribution in [0.2, 0.25) is 5.02 Å². The third-order valence-electron chi connectivity index (χ3n) is 5.01. The van der Waals surface area contributed by atoms with Gasteiger partial charge in [-0.2, -0.15) is 0 Å². The minimum absolute atomic E-state index is 0.150. The zero-order valence-corrected chi connectivity index (χ0v) is 17.4. The maximum absolute atomic E-state index is 13.1. The van der Waals surface area contributed by atoms with Crippen LogP contribution in [0.5, 0.6) is 11.5 Å². The molecule has 8 heteroatoms. The highest BCUT2D eigenvalue weighted by molar-refractivity contribution is 6.51. The third kappa shape index (κ3) is 3.43. The SMILES string of the molecule is COc1cccc(OC)c1/C(O)=C1\C(=O)C(=O)N(c2cccc(Cl)c2)C1c1ccco1. The molecule has 1 aromatic heterocycles. The Bertz CT molecular complexity index is 1160. The monoisotopic (exact) mass is 439 g/mol. The second-order valence-electron chi connectivity index (χ2n) is 6.70. The first-order valence-corrected chi connectivity index (χ1v) is 9.67. The Hall–Kier alpha value is -3.71. The van der Waals surface area contributed by atoms with E-state index in [9.17, 15) is 14.7 Å². The number of carbonyl (C=O) groups is 2. The van der Waals surface area contributed by atoms with E-state index < -0.39 is 23.5 Å². The first-order chi connectivity index (χ1) is 15.0. The van der Waals surface area contributed by atoms with Gasteiger partial charge in [0.05, 0.1) is 26.1 Å². The minimum Gasteiger partial charge on any atom is -0.506 e. The lowest BCUT2D eigenvalue weighted by atomic mass is 9.98. The van der Waals surface area contributed by atoms with Gasteiger partial charge in [-0.1, -0.05) is 23.7 Å². The van der Waals surface area contributed by atoms with Crippen molar-refractivity contribution in [2.45, 2.75) is 6.04 Å². The van der Waals surface area contributed by atoms with Gasteiger partial charge in [-0.3, -0.25) is 14.5 Å². The first-order valence-electron chi connectivity index (χ1n) is 9.29. The van der Waals surface area contributed by atoms with Crippen molar-refractivity contribution in [3.8, 4) is 11.5 Å². The summed E-state index contributed by atoms with van der Waals surface area (Å²) in [6, 6.07) is 13.7. The highest BCUT2D eigenvalue weighted by Gasteiger charge is 2.48. The molecule has 0 aliphatic carbocycles. The number of rotatable bonds is 5. The van der Waals surface area contributed by atoms with Crippen LogP contribution in [0.3, 0.4) is 0 Å². The number of hydrogen-bond acceptors (Lipinski definition) is 6. The highest BCUT2D eigenvalue weighted by atomic mass is 35.5. The number of Topliss-reactive ketones (excluding diaryl/α,β-unsaturated/α-hetero) is 1. The topological polar surface area (TPSA) is 89.2 Å². The van der Waals surface area contributed by atoms with Crippen molar-refractivity contribution in [1.82, 2.24) is 0 Å². The Morgan fingerprint density at radius 2 is 1.71 bits per heavy atom. The van der Waals surface area contributed by atoms with Gasteiger partial charge < -0.3 is 19.0 Å². The molecular formula is C23H18ClNO6. The van der Waals surface area contributed by atoms with Gasteiger partial charge in [0.15, 0.2) is 0 Å². The van der Waals surface area contributed by atoms with Crippen LogP contribution in [0.25, 0.3) is 5.76 Å². The van der Waals surface area contributed by atoms with Crippen LogP contribution in [-0.2, 0) is 9.59 Å². The summed E-state index contributed by atoms with van der Waals surface area (Å²) in [6.07, 6.45) is 1.43. The number of aliphatic hydroxyl groups is 1. The number of carbonyl (C=O) groups excluding carboxylic acids is 2. The Morgan fingerprint density at radius 3 is 2.29 bits per heavy atom. The van der Waals surface area contributed by atoms with Crippen molar-refractivity contribution >= 4 is 34.7 Å². The summed E-state index contributed by atoms with van der Waals surface area (Å²) in [4.78, 5) is 27.4. The fourth-order valence-electron chi connectivity index (χ4n) is 3.66. The number of methoxy groups -OCH3 is 2. The van der Waals surface area contributed by atoms with E-state index in [1.807, 2.05) is 0 Å². The van der Waals surface area contributed by atoms with Crippen LogP contribution in [-0.4, -0.2) is 31.0 Å². The number of benzene rings is 2. The second kappa shape index (κ2) is 8.20. The molecule has 1 unspecified atom stereocenters. The van der Waals surface area contributed by atoms with Crippen molar-refractivity contribution < 1.29 is 28.6 Å². The van der Waals surface area contributed by atoms with Crippen LogP contribution in [0, 0.1) is 0 Å². The summed E-state index contributed by atoms with van der Waals surface area (Å²) in [5.74, 6) is -1.26. The fraction of sp³-hybridized carbons (Fsp3) is 0.130. The molecule has 1 saturated heterocycles. The summed E-state index contributed by atoms with van der Waals surface area (Å²) in [7, 11) is 2.86. The minimum atomic E-state index is -1.01. The van der Waals surface area contributed by atoms with Gasteiger partial charge in [-0.25, -0.2) is 0 Å².